The van der Waals surface area contributed by atoms with Gasteiger partial charge in [0.1, 0.15) is 0 Å². The van der Waals surface area contributed by atoms with Crippen LogP contribution in [-0.4, -0.2) is 10.9 Å². The van der Waals surface area contributed by atoms with Gasteiger partial charge in [-0.3, -0.25) is 4.79 Å². The zero-order valence-corrected chi connectivity index (χ0v) is 10.2. The molecule has 4 heteroatoms. The van der Waals surface area contributed by atoms with Crippen molar-refractivity contribution in [1.82, 2.24) is 4.98 Å². The summed E-state index contributed by atoms with van der Waals surface area (Å²) in [6.07, 6.45) is 4.43. The number of pyridine rings is 1. The number of aromatic nitrogens is 1. The molecule has 1 fully saturated rings. The molecule has 0 spiro atoms. The van der Waals surface area contributed by atoms with Crippen LogP contribution in [0.1, 0.15) is 33.1 Å². The van der Waals surface area contributed by atoms with Gasteiger partial charge in [-0.25, -0.2) is 4.98 Å². The van der Waals surface area contributed by atoms with E-state index in [1.807, 2.05) is 0 Å². The minimum atomic E-state index is -0.538. The van der Waals surface area contributed by atoms with Crippen molar-refractivity contribution in [2.45, 2.75) is 33.1 Å². The van der Waals surface area contributed by atoms with E-state index in [2.05, 4.69) is 24.1 Å². The van der Waals surface area contributed by atoms with Gasteiger partial charge in [0, 0.05) is 5.92 Å². The van der Waals surface area contributed by atoms with Gasteiger partial charge in [-0.2, -0.15) is 4.39 Å². The van der Waals surface area contributed by atoms with E-state index < -0.39 is 5.95 Å². The first-order valence-electron chi connectivity index (χ1n) is 5.91. The van der Waals surface area contributed by atoms with Crippen molar-refractivity contribution in [1.29, 1.82) is 0 Å². The normalized spacial score (nSPS) is 22.4. The maximum absolute atomic E-state index is 12.6. The second-order valence-electron chi connectivity index (χ2n) is 5.29. The van der Waals surface area contributed by atoms with Crippen molar-refractivity contribution in [2.24, 2.45) is 11.3 Å². The van der Waals surface area contributed by atoms with Crippen molar-refractivity contribution in [2.75, 3.05) is 5.32 Å². The summed E-state index contributed by atoms with van der Waals surface area (Å²) in [6.45, 7) is 4.24. The van der Waals surface area contributed by atoms with Crippen molar-refractivity contribution in [3.8, 4) is 0 Å². The number of carbonyl (C=O) groups is 1. The summed E-state index contributed by atoms with van der Waals surface area (Å²) >= 11 is 0. The molecule has 0 radical (unpaired) electrons. The molecule has 0 saturated heterocycles. The van der Waals surface area contributed by atoms with E-state index >= 15 is 0 Å². The Morgan fingerprint density at radius 1 is 1.53 bits per heavy atom. The summed E-state index contributed by atoms with van der Waals surface area (Å²) in [5, 5.41) is 2.80. The maximum Gasteiger partial charge on any atom is 0.228 e. The van der Waals surface area contributed by atoms with Crippen LogP contribution in [0.2, 0.25) is 0 Å². The van der Waals surface area contributed by atoms with Crippen LogP contribution in [0, 0.1) is 17.3 Å². The van der Waals surface area contributed by atoms with Gasteiger partial charge in [0.15, 0.2) is 0 Å². The zero-order chi connectivity index (χ0) is 12.5. The fourth-order valence-electron chi connectivity index (χ4n) is 2.49. The molecule has 1 aliphatic rings. The first-order valence-corrected chi connectivity index (χ1v) is 5.91. The van der Waals surface area contributed by atoms with Gasteiger partial charge in [-0.1, -0.05) is 20.3 Å². The summed E-state index contributed by atoms with van der Waals surface area (Å²) in [6, 6.07) is 2.78. The molecule has 1 aromatic rings. The molecule has 1 unspecified atom stereocenters. The van der Waals surface area contributed by atoms with Gasteiger partial charge in [0.2, 0.25) is 11.9 Å². The van der Waals surface area contributed by atoms with Crippen molar-refractivity contribution in [3.63, 3.8) is 0 Å². The Morgan fingerprint density at radius 2 is 2.29 bits per heavy atom. The molecule has 17 heavy (non-hydrogen) atoms. The summed E-state index contributed by atoms with van der Waals surface area (Å²) < 4.78 is 12.6. The fourth-order valence-corrected chi connectivity index (χ4v) is 2.49. The molecule has 1 amide bonds. The van der Waals surface area contributed by atoms with Crippen LogP contribution in [0.15, 0.2) is 18.3 Å². The van der Waals surface area contributed by atoms with Crippen LogP contribution in [0.4, 0.5) is 10.1 Å². The Kier molecular flexibility index (Phi) is 3.13. The number of halogens is 1. The molecule has 1 aromatic heterocycles. The molecule has 1 aliphatic carbocycles. The van der Waals surface area contributed by atoms with Crippen LogP contribution in [0.25, 0.3) is 0 Å². The Morgan fingerprint density at radius 3 is 2.82 bits per heavy atom. The molecule has 3 nitrogen and oxygen atoms in total. The second-order valence-corrected chi connectivity index (χ2v) is 5.29. The van der Waals surface area contributed by atoms with E-state index in [1.54, 1.807) is 0 Å². The lowest BCUT2D eigenvalue weighted by molar-refractivity contribution is -0.122. The molecule has 1 N–H and O–H groups in total. The Bertz CT molecular complexity index is 414. The van der Waals surface area contributed by atoms with E-state index in [-0.39, 0.29) is 17.2 Å². The summed E-state index contributed by atoms with van der Waals surface area (Å²) in [5.41, 5.74) is 0.608. The molecule has 0 aromatic carbocycles. The molecule has 92 valence electrons. The zero-order valence-electron chi connectivity index (χ0n) is 10.2. The Hall–Kier alpha value is -1.45. The minimum absolute atomic E-state index is 0.0147. The minimum Gasteiger partial charge on any atom is -0.324 e. The monoisotopic (exact) mass is 236 g/mol. The third kappa shape index (κ3) is 2.62. The van der Waals surface area contributed by atoms with Crippen LogP contribution in [-0.2, 0) is 4.79 Å². The maximum atomic E-state index is 12.6. The third-order valence-corrected chi connectivity index (χ3v) is 3.57. The first-order chi connectivity index (χ1) is 7.99. The highest BCUT2D eigenvalue weighted by Gasteiger charge is 2.39. The quantitative estimate of drug-likeness (QED) is 0.802. The van der Waals surface area contributed by atoms with E-state index in [9.17, 15) is 9.18 Å². The number of carbonyl (C=O) groups excluding carboxylic acids is 1. The van der Waals surface area contributed by atoms with E-state index in [0.717, 1.165) is 19.3 Å². The fraction of sp³-hybridized carbons (Fsp3) is 0.538. The summed E-state index contributed by atoms with van der Waals surface area (Å²) in [5.74, 6) is -0.488. The van der Waals surface area contributed by atoms with Crippen molar-refractivity contribution < 1.29 is 9.18 Å². The van der Waals surface area contributed by atoms with E-state index in [4.69, 9.17) is 0 Å². The molecule has 2 rings (SSSR count). The smallest absolute Gasteiger partial charge is 0.228 e. The molecule has 0 bridgehead atoms. The topological polar surface area (TPSA) is 42.0 Å². The van der Waals surface area contributed by atoms with Gasteiger partial charge in [-0.05, 0) is 30.4 Å². The van der Waals surface area contributed by atoms with Crippen LogP contribution < -0.4 is 5.32 Å². The molecular weight excluding hydrogens is 219 g/mol. The lowest BCUT2D eigenvalue weighted by atomic mass is 9.81. The van der Waals surface area contributed by atoms with Crippen molar-refractivity contribution >= 4 is 11.6 Å². The third-order valence-electron chi connectivity index (χ3n) is 3.57. The Labute approximate surface area is 100 Å². The predicted octanol–water partition coefficient (Wildman–Crippen LogP) is 2.99. The molecule has 0 aliphatic heterocycles. The number of nitrogens with zero attached hydrogens (tertiary/aromatic N) is 1. The highest BCUT2D eigenvalue weighted by atomic mass is 19.1. The number of rotatable bonds is 2. The number of hydrogen-bond donors (Lipinski definition) is 1. The van der Waals surface area contributed by atoms with Gasteiger partial charge in [0.25, 0.3) is 0 Å². The van der Waals surface area contributed by atoms with Gasteiger partial charge in [-0.15, -0.1) is 0 Å². The molecule has 1 atom stereocenters. The highest BCUT2D eigenvalue weighted by molar-refractivity contribution is 5.93. The average Bonchev–Trinajstić information content (AvgIpc) is 2.61. The first kappa shape index (κ1) is 12.0. The molecule has 1 saturated carbocycles. The standard InChI is InChI=1S/C13H17FN2O/c1-13(2)7-3-4-10(13)12(17)16-9-5-6-11(14)15-8-9/h5-6,8,10H,3-4,7H2,1-2H3,(H,16,17). The average molecular weight is 236 g/mol. The van der Waals surface area contributed by atoms with Gasteiger partial charge < -0.3 is 5.32 Å². The SMILES string of the molecule is CC1(C)CCCC1C(=O)Nc1ccc(F)nc1. The lowest BCUT2D eigenvalue weighted by Gasteiger charge is -2.25. The number of hydrogen-bond acceptors (Lipinski definition) is 2. The number of anilines is 1. The summed E-state index contributed by atoms with van der Waals surface area (Å²) in [4.78, 5) is 15.6. The second kappa shape index (κ2) is 4.43. The van der Waals surface area contributed by atoms with Crippen molar-refractivity contribution in [3.05, 3.63) is 24.3 Å². The predicted molar refractivity (Wildman–Crippen MR) is 63.9 cm³/mol. The van der Waals surface area contributed by atoms with E-state index in [1.165, 1.54) is 18.3 Å². The largest absolute Gasteiger partial charge is 0.324 e. The van der Waals surface area contributed by atoms with Crippen LogP contribution >= 0.6 is 0 Å². The number of nitrogens with one attached hydrogen (secondary N) is 1. The van der Waals surface area contributed by atoms with Gasteiger partial charge >= 0.3 is 0 Å². The highest BCUT2D eigenvalue weighted by Crippen LogP contribution is 2.42. The molecular formula is C13H17FN2O. The lowest BCUT2D eigenvalue weighted by Crippen LogP contribution is -2.30. The molecule has 1 heterocycles. The van der Waals surface area contributed by atoms with Crippen LogP contribution in [0.5, 0.6) is 0 Å². The Balaban J connectivity index is 2.04. The number of amides is 1. The summed E-state index contributed by atoms with van der Waals surface area (Å²) in [7, 11) is 0. The van der Waals surface area contributed by atoms with Gasteiger partial charge in [0.05, 0.1) is 11.9 Å². The van der Waals surface area contributed by atoms with Crippen LogP contribution in [0.3, 0.4) is 0 Å². The van der Waals surface area contributed by atoms with E-state index in [0.29, 0.717) is 5.69 Å².